The summed E-state index contributed by atoms with van der Waals surface area (Å²) in [5.41, 5.74) is 8.02. The molecule has 0 aliphatic carbocycles. The van der Waals surface area contributed by atoms with Gasteiger partial charge in [-0.25, -0.2) is 0 Å². The molecule has 5 aromatic rings. The van der Waals surface area contributed by atoms with Gasteiger partial charge < -0.3 is 4.57 Å². The second-order valence-electron chi connectivity index (χ2n) is 7.95. The van der Waals surface area contributed by atoms with E-state index in [1.54, 1.807) is 0 Å². The van der Waals surface area contributed by atoms with Crippen LogP contribution in [-0.2, 0) is 7.05 Å². The molecule has 0 saturated carbocycles. The maximum absolute atomic E-state index is 2.36. The van der Waals surface area contributed by atoms with E-state index in [0.717, 1.165) is 0 Å². The summed E-state index contributed by atoms with van der Waals surface area (Å²) in [5.74, 6) is 0. The van der Waals surface area contributed by atoms with Crippen LogP contribution in [0.1, 0.15) is 11.1 Å². The summed E-state index contributed by atoms with van der Waals surface area (Å²) in [7, 11) is 2.19. The molecule has 0 N–H and O–H groups in total. The Kier molecular flexibility index (Phi) is 4.06. The third-order valence-electron chi connectivity index (χ3n) is 6.22. The van der Waals surface area contributed by atoms with Gasteiger partial charge in [-0.1, -0.05) is 78.1 Å². The van der Waals surface area contributed by atoms with Crippen LogP contribution < -0.4 is 0 Å². The summed E-state index contributed by atoms with van der Waals surface area (Å²) in [6.45, 7) is 4.47. The minimum Gasteiger partial charge on any atom is -0.343 e. The first-order valence-corrected chi connectivity index (χ1v) is 11.8. The Balaban J connectivity index is 1.55. The number of para-hydroxylation sites is 1. The van der Waals surface area contributed by atoms with Crippen molar-refractivity contribution in [3.8, 4) is 11.1 Å². The zero-order chi connectivity index (χ0) is 20.4. The Morgan fingerprint density at radius 2 is 1.33 bits per heavy atom. The molecule has 3 heteroatoms. The van der Waals surface area contributed by atoms with Gasteiger partial charge in [-0.2, -0.15) is 0 Å². The molecule has 0 unspecified atom stereocenters. The zero-order valence-electron chi connectivity index (χ0n) is 17.2. The summed E-state index contributed by atoms with van der Waals surface area (Å²) >= 11 is 3.85. The molecule has 0 saturated heterocycles. The average molecular weight is 424 g/mol. The molecular weight excluding hydrogens is 402 g/mol. The zero-order valence-corrected chi connectivity index (χ0v) is 18.8. The summed E-state index contributed by atoms with van der Waals surface area (Å²) in [6, 6.07) is 26.6. The number of hydrogen-bond acceptors (Lipinski definition) is 2. The second-order valence-corrected chi connectivity index (χ2v) is 10.1. The highest BCUT2D eigenvalue weighted by Gasteiger charge is 2.24. The van der Waals surface area contributed by atoms with E-state index in [4.69, 9.17) is 0 Å². The van der Waals surface area contributed by atoms with Gasteiger partial charge in [0.05, 0.1) is 10.4 Å². The molecule has 0 fully saturated rings. The highest BCUT2D eigenvalue weighted by atomic mass is 32.2. The summed E-state index contributed by atoms with van der Waals surface area (Å²) in [5, 5.41) is 2.68. The summed E-state index contributed by atoms with van der Waals surface area (Å²) < 4.78 is 2.36. The molecule has 6 rings (SSSR count). The first-order valence-electron chi connectivity index (χ1n) is 10.2. The molecule has 1 nitrogen and oxygen atoms in total. The van der Waals surface area contributed by atoms with Gasteiger partial charge in [0.25, 0.3) is 0 Å². The second kappa shape index (κ2) is 6.69. The van der Waals surface area contributed by atoms with Gasteiger partial charge in [0.1, 0.15) is 0 Å². The van der Waals surface area contributed by atoms with E-state index in [0.29, 0.717) is 0 Å². The van der Waals surface area contributed by atoms with E-state index < -0.39 is 0 Å². The Bertz CT molecular complexity index is 1480. The van der Waals surface area contributed by atoms with Crippen molar-refractivity contribution in [2.45, 2.75) is 33.4 Å². The van der Waals surface area contributed by atoms with Crippen LogP contribution >= 0.6 is 23.5 Å². The van der Waals surface area contributed by atoms with E-state index >= 15 is 0 Å². The largest absolute Gasteiger partial charge is 0.343 e. The van der Waals surface area contributed by atoms with Crippen LogP contribution in [0.4, 0.5) is 0 Å². The predicted molar refractivity (Wildman–Crippen MR) is 130 cm³/mol. The third kappa shape index (κ3) is 2.52. The SMILES string of the molecule is Cc1ccccc1-c1ccc2c(c1C)Sc1ccc3c4ccccc4n(C)c3c1S2. The molecule has 1 aliphatic heterocycles. The van der Waals surface area contributed by atoms with Crippen LogP contribution in [0.25, 0.3) is 32.9 Å². The average Bonchev–Trinajstić information content (AvgIpc) is 3.07. The molecule has 4 aromatic carbocycles. The molecular formula is C27H21NS2. The highest BCUT2D eigenvalue weighted by molar-refractivity contribution is 8.05. The van der Waals surface area contributed by atoms with Crippen molar-refractivity contribution in [3.05, 3.63) is 83.9 Å². The topological polar surface area (TPSA) is 4.93 Å². The van der Waals surface area contributed by atoms with Crippen molar-refractivity contribution in [2.75, 3.05) is 0 Å². The summed E-state index contributed by atoms with van der Waals surface area (Å²) in [4.78, 5) is 5.49. The van der Waals surface area contributed by atoms with Crippen molar-refractivity contribution in [2.24, 2.45) is 7.05 Å². The van der Waals surface area contributed by atoms with Crippen LogP contribution in [-0.4, -0.2) is 4.57 Å². The van der Waals surface area contributed by atoms with Crippen LogP contribution in [0.2, 0.25) is 0 Å². The fourth-order valence-corrected chi connectivity index (χ4v) is 7.25. The van der Waals surface area contributed by atoms with E-state index in [2.05, 4.69) is 98.3 Å². The first kappa shape index (κ1) is 18.2. The number of benzene rings is 4. The van der Waals surface area contributed by atoms with Crippen molar-refractivity contribution >= 4 is 45.3 Å². The lowest BCUT2D eigenvalue weighted by Gasteiger charge is -2.23. The van der Waals surface area contributed by atoms with Crippen molar-refractivity contribution in [1.29, 1.82) is 0 Å². The van der Waals surface area contributed by atoms with Crippen LogP contribution in [0.15, 0.2) is 92.4 Å². The van der Waals surface area contributed by atoms with Gasteiger partial charge in [-0.3, -0.25) is 0 Å². The smallest absolute Gasteiger partial charge is 0.0642 e. The Labute approximate surface area is 185 Å². The normalized spacial score (nSPS) is 12.9. The molecule has 0 amide bonds. The maximum atomic E-state index is 2.36. The lowest BCUT2D eigenvalue weighted by atomic mass is 9.97. The molecule has 1 aromatic heterocycles. The lowest BCUT2D eigenvalue weighted by Crippen LogP contribution is -1.98. The monoisotopic (exact) mass is 423 g/mol. The fraction of sp³-hybridized carbons (Fsp3) is 0.111. The quantitative estimate of drug-likeness (QED) is 0.262. The van der Waals surface area contributed by atoms with E-state index in [1.165, 1.54) is 63.6 Å². The van der Waals surface area contributed by atoms with Crippen LogP contribution in [0, 0.1) is 13.8 Å². The fourth-order valence-electron chi connectivity index (χ4n) is 4.66. The summed E-state index contributed by atoms with van der Waals surface area (Å²) in [6.07, 6.45) is 0. The molecule has 1 aliphatic rings. The number of nitrogens with zero attached hydrogens (tertiary/aromatic N) is 1. The van der Waals surface area contributed by atoms with E-state index in [1.807, 2.05) is 23.5 Å². The maximum Gasteiger partial charge on any atom is 0.0642 e. The van der Waals surface area contributed by atoms with Crippen molar-refractivity contribution < 1.29 is 0 Å². The molecule has 0 bridgehead atoms. The van der Waals surface area contributed by atoms with Crippen molar-refractivity contribution in [3.63, 3.8) is 0 Å². The molecule has 2 heterocycles. The van der Waals surface area contributed by atoms with Crippen LogP contribution in [0.3, 0.4) is 0 Å². The molecule has 0 spiro atoms. The number of aromatic nitrogens is 1. The Morgan fingerprint density at radius 3 is 2.20 bits per heavy atom. The molecule has 30 heavy (non-hydrogen) atoms. The highest BCUT2D eigenvalue weighted by Crippen LogP contribution is 2.54. The molecule has 146 valence electrons. The molecule has 0 atom stereocenters. The number of hydrogen-bond donors (Lipinski definition) is 0. The standard InChI is InChI=1S/C27H21NS2/c1-16-8-4-5-9-18(16)19-12-14-23-26(17(19)2)29-24-15-13-21-20-10-6-7-11-22(20)28(3)25(21)27(24)30-23/h4-15H,1-3H3. The minimum absolute atomic E-state index is 1.29. The van der Waals surface area contributed by atoms with E-state index in [9.17, 15) is 0 Å². The predicted octanol–water partition coefficient (Wildman–Crippen LogP) is 8.23. The van der Waals surface area contributed by atoms with Gasteiger partial charge in [-0.05, 0) is 54.3 Å². The van der Waals surface area contributed by atoms with Crippen molar-refractivity contribution in [1.82, 2.24) is 4.57 Å². The third-order valence-corrected chi connectivity index (χ3v) is 8.94. The van der Waals surface area contributed by atoms with Gasteiger partial charge in [0, 0.05) is 38.0 Å². The van der Waals surface area contributed by atoms with E-state index in [-0.39, 0.29) is 0 Å². The van der Waals surface area contributed by atoms with Gasteiger partial charge in [0.2, 0.25) is 0 Å². The van der Waals surface area contributed by atoms with Gasteiger partial charge in [0.15, 0.2) is 0 Å². The lowest BCUT2D eigenvalue weighted by molar-refractivity contribution is 0.988. The number of aryl methyl sites for hydroxylation is 2. The minimum atomic E-state index is 1.29. The number of fused-ring (bicyclic) bond motifs is 6. The van der Waals surface area contributed by atoms with Gasteiger partial charge >= 0.3 is 0 Å². The Morgan fingerprint density at radius 1 is 0.633 bits per heavy atom. The first-order chi connectivity index (χ1) is 14.6. The van der Waals surface area contributed by atoms with Gasteiger partial charge in [-0.15, -0.1) is 0 Å². The Hall–Kier alpha value is -2.62. The molecule has 0 radical (unpaired) electrons. The number of rotatable bonds is 1. The van der Waals surface area contributed by atoms with Crippen LogP contribution in [0.5, 0.6) is 0 Å².